The number of likely N-dealkylation sites (tertiary alicyclic amines) is 1. The Balaban J connectivity index is 1.84. The molecule has 0 aliphatic carbocycles. The van der Waals surface area contributed by atoms with Gasteiger partial charge in [-0.05, 0) is 25.0 Å². The Bertz CT molecular complexity index is 495. The van der Waals surface area contributed by atoms with E-state index in [1.165, 1.54) is 13.3 Å². The van der Waals surface area contributed by atoms with Crippen LogP contribution in [-0.4, -0.2) is 54.5 Å². The highest BCUT2D eigenvalue weighted by molar-refractivity contribution is 5.92. The number of nitrogens with one attached hydrogen (secondary N) is 1. The predicted octanol–water partition coefficient (Wildman–Crippen LogP) is 0.0310. The fourth-order valence-electron chi connectivity index (χ4n) is 2.32. The highest BCUT2D eigenvalue weighted by Gasteiger charge is 2.25. The summed E-state index contributed by atoms with van der Waals surface area (Å²) in [6.45, 7) is 1.26. The summed E-state index contributed by atoms with van der Waals surface area (Å²) in [7, 11) is 1.49. The third-order valence-electron chi connectivity index (χ3n) is 3.43. The summed E-state index contributed by atoms with van der Waals surface area (Å²) in [4.78, 5) is 29.5. The maximum atomic E-state index is 12.3. The van der Waals surface area contributed by atoms with Crippen LogP contribution in [0.25, 0.3) is 0 Å². The van der Waals surface area contributed by atoms with E-state index in [9.17, 15) is 9.59 Å². The molecule has 0 saturated carbocycles. The number of carbonyl (C=O) groups excluding carboxylic acids is 2. The largest absolute Gasteiger partial charge is 0.397 e. The van der Waals surface area contributed by atoms with E-state index in [2.05, 4.69) is 10.3 Å². The average Bonchev–Trinajstić information content (AvgIpc) is 2.48. The molecule has 0 radical (unpaired) electrons. The minimum Gasteiger partial charge on any atom is -0.397 e. The highest BCUT2D eigenvalue weighted by Crippen LogP contribution is 2.13. The van der Waals surface area contributed by atoms with Gasteiger partial charge in [-0.15, -0.1) is 0 Å². The molecule has 0 spiro atoms. The third kappa shape index (κ3) is 4.16. The van der Waals surface area contributed by atoms with Crippen molar-refractivity contribution in [1.82, 2.24) is 15.2 Å². The van der Waals surface area contributed by atoms with Crippen LogP contribution in [0.2, 0.25) is 0 Å². The lowest BCUT2D eigenvalue weighted by atomic mass is 10.0. The van der Waals surface area contributed by atoms with Gasteiger partial charge in [0.05, 0.1) is 11.9 Å². The second-order valence-electron chi connectivity index (χ2n) is 5.04. The number of pyridine rings is 1. The molecule has 2 rings (SSSR count). The summed E-state index contributed by atoms with van der Waals surface area (Å²) in [6, 6.07) is 3.39. The first-order valence-electron chi connectivity index (χ1n) is 6.89. The van der Waals surface area contributed by atoms with Gasteiger partial charge in [0.2, 0.25) is 5.91 Å². The van der Waals surface area contributed by atoms with Gasteiger partial charge in [-0.25, -0.2) is 4.98 Å². The SMILES string of the molecule is COCC(=O)NC1CCN(C(=O)c2ccc(N)cn2)CC1. The van der Waals surface area contributed by atoms with Crippen molar-refractivity contribution in [1.29, 1.82) is 0 Å². The lowest BCUT2D eigenvalue weighted by Crippen LogP contribution is -2.47. The molecular weight excluding hydrogens is 272 g/mol. The van der Waals surface area contributed by atoms with Crippen molar-refractivity contribution < 1.29 is 14.3 Å². The molecule has 1 aliphatic heterocycles. The Hall–Kier alpha value is -2.15. The fourth-order valence-corrected chi connectivity index (χ4v) is 2.32. The number of ether oxygens (including phenoxy) is 1. The van der Waals surface area contributed by atoms with E-state index in [1.54, 1.807) is 17.0 Å². The van der Waals surface area contributed by atoms with Crippen LogP contribution in [0, 0.1) is 0 Å². The van der Waals surface area contributed by atoms with Crippen LogP contribution >= 0.6 is 0 Å². The molecule has 0 unspecified atom stereocenters. The second kappa shape index (κ2) is 7.03. The number of amides is 2. The van der Waals surface area contributed by atoms with E-state index < -0.39 is 0 Å². The van der Waals surface area contributed by atoms with Crippen LogP contribution in [0.1, 0.15) is 23.3 Å². The van der Waals surface area contributed by atoms with Gasteiger partial charge in [-0.3, -0.25) is 9.59 Å². The molecular formula is C14H20N4O3. The molecule has 1 aliphatic rings. The van der Waals surface area contributed by atoms with E-state index in [0.717, 1.165) is 12.8 Å². The molecule has 1 saturated heterocycles. The molecule has 3 N–H and O–H groups in total. The van der Waals surface area contributed by atoms with Crippen LogP contribution in [0.4, 0.5) is 5.69 Å². The van der Waals surface area contributed by atoms with Crippen molar-refractivity contribution in [3.8, 4) is 0 Å². The Labute approximate surface area is 123 Å². The molecule has 114 valence electrons. The molecule has 1 aromatic rings. The number of nitrogens with two attached hydrogens (primary N) is 1. The monoisotopic (exact) mass is 292 g/mol. The van der Waals surface area contributed by atoms with E-state index in [0.29, 0.717) is 24.5 Å². The van der Waals surface area contributed by atoms with Gasteiger partial charge in [-0.1, -0.05) is 0 Å². The second-order valence-corrected chi connectivity index (χ2v) is 5.04. The zero-order valence-electron chi connectivity index (χ0n) is 12.0. The summed E-state index contributed by atoms with van der Waals surface area (Å²) >= 11 is 0. The van der Waals surface area contributed by atoms with E-state index in [4.69, 9.17) is 10.5 Å². The zero-order chi connectivity index (χ0) is 15.2. The minimum atomic E-state index is -0.123. The van der Waals surface area contributed by atoms with E-state index >= 15 is 0 Å². The zero-order valence-corrected chi connectivity index (χ0v) is 12.0. The first kappa shape index (κ1) is 15.2. The van der Waals surface area contributed by atoms with Crippen molar-refractivity contribution >= 4 is 17.5 Å². The maximum absolute atomic E-state index is 12.3. The van der Waals surface area contributed by atoms with Crippen LogP contribution in [0.15, 0.2) is 18.3 Å². The lowest BCUT2D eigenvalue weighted by Gasteiger charge is -2.32. The number of rotatable bonds is 4. The predicted molar refractivity (Wildman–Crippen MR) is 77.6 cm³/mol. The van der Waals surface area contributed by atoms with Crippen LogP contribution in [0.5, 0.6) is 0 Å². The number of aromatic nitrogens is 1. The normalized spacial score (nSPS) is 15.8. The Morgan fingerprint density at radius 2 is 2.14 bits per heavy atom. The average molecular weight is 292 g/mol. The van der Waals surface area contributed by atoms with Crippen molar-refractivity contribution in [2.75, 3.05) is 32.5 Å². The van der Waals surface area contributed by atoms with E-state index in [1.807, 2.05) is 0 Å². The summed E-state index contributed by atoms with van der Waals surface area (Å²) < 4.78 is 4.78. The van der Waals surface area contributed by atoms with Gasteiger partial charge in [0, 0.05) is 26.2 Å². The summed E-state index contributed by atoms with van der Waals surface area (Å²) in [5.74, 6) is -0.223. The van der Waals surface area contributed by atoms with Gasteiger partial charge in [0.25, 0.3) is 5.91 Å². The Morgan fingerprint density at radius 3 is 2.71 bits per heavy atom. The van der Waals surface area contributed by atoms with Crippen molar-refractivity contribution in [3.05, 3.63) is 24.0 Å². The summed E-state index contributed by atoms with van der Waals surface area (Å²) in [5.41, 5.74) is 6.48. The fraction of sp³-hybridized carbons (Fsp3) is 0.500. The minimum absolute atomic E-state index is 0.0640. The summed E-state index contributed by atoms with van der Waals surface area (Å²) in [5, 5.41) is 2.89. The van der Waals surface area contributed by atoms with Crippen molar-refractivity contribution in [2.24, 2.45) is 0 Å². The number of carbonyl (C=O) groups is 2. The van der Waals surface area contributed by atoms with Crippen LogP contribution < -0.4 is 11.1 Å². The molecule has 2 amide bonds. The Morgan fingerprint density at radius 1 is 1.43 bits per heavy atom. The number of hydrogen-bond acceptors (Lipinski definition) is 5. The molecule has 0 bridgehead atoms. The number of nitrogen functional groups attached to an aromatic ring is 1. The van der Waals surface area contributed by atoms with Crippen molar-refractivity contribution in [3.63, 3.8) is 0 Å². The highest BCUT2D eigenvalue weighted by atomic mass is 16.5. The lowest BCUT2D eigenvalue weighted by molar-refractivity contribution is -0.125. The van der Waals surface area contributed by atoms with Crippen molar-refractivity contribution in [2.45, 2.75) is 18.9 Å². The van der Waals surface area contributed by atoms with Gasteiger partial charge < -0.3 is 20.7 Å². The van der Waals surface area contributed by atoms with Gasteiger partial charge in [0.15, 0.2) is 0 Å². The van der Waals surface area contributed by atoms with Gasteiger partial charge in [0.1, 0.15) is 12.3 Å². The van der Waals surface area contributed by atoms with Gasteiger partial charge >= 0.3 is 0 Å². The number of anilines is 1. The number of methoxy groups -OCH3 is 1. The summed E-state index contributed by atoms with van der Waals surface area (Å²) in [6.07, 6.45) is 2.94. The molecule has 0 aromatic carbocycles. The molecule has 21 heavy (non-hydrogen) atoms. The topological polar surface area (TPSA) is 97.5 Å². The molecule has 1 fully saturated rings. The third-order valence-corrected chi connectivity index (χ3v) is 3.43. The van der Waals surface area contributed by atoms with E-state index in [-0.39, 0.29) is 24.5 Å². The molecule has 7 heteroatoms. The smallest absolute Gasteiger partial charge is 0.272 e. The maximum Gasteiger partial charge on any atom is 0.272 e. The van der Waals surface area contributed by atoms with Crippen LogP contribution in [-0.2, 0) is 9.53 Å². The first-order valence-corrected chi connectivity index (χ1v) is 6.89. The standard InChI is InChI=1S/C14H20N4O3/c1-21-9-13(19)17-11-4-6-18(7-5-11)14(20)12-3-2-10(15)8-16-12/h2-3,8,11H,4-7,9,15H2,1H3,(H,17,19). The quantitative estimate of drug-likeness (QED) is 0.816. The number of hydrogen-bond donors (Lipinski definition) is 2. The number of piperidine rings is 1. The molecule has 1 aromatic heterocycles. The number of nitrogens with zero attached hydrogens (tertiary/aromatic N) is 2. The Kier molecular flexibility index (Phi) is 5.10. The van der Waals surface area contributed by atoms with Crippen LogP contribution in [0.3, 0.4) is 0 Å². The first-order chi connectivity index (χ1) is 10.1. The molecule has 2 heterocycles. The van der Waals surface area contributed by atoms with Gasteiger partial charge in [-0.2, -0.15) is 0 Å². The molecule has 7 nitrogen and oxygen atoms in total. The molecule has 0 atom stereocenters.